The quantitative estimate of drug-likeness (QED) is 0.270. The van der Waals surface area contributed by atoms with Crippen LogP contribution in [-0.2, 0) is 19.1 Å². The van der Waals surface area contributed by atoms with Gasteiger partial charge in [-0.2, -0.15) is 0 Å². The average Bonchev–Trinajstić information content (AvgIpc) is 2.49. The highest BCUT2D eigenvalue weighted by atomic mass is 19.1. The van der Waals surface area contributed by atoms with Crippen molar-refractivity contribution < 1.29 is 32.6 Å². The van der Waals surface area contributed by atoms with E-state index >= 15 is 0 Å². The molecule has 0 amide bonds. The SMILES string of the molecule is CCOC(=O)C(=CNc1ccc(F)c(C(C)=O)c1F)C(=O)OCC. The number of rotatable bonds is 7. The highest BCUT2D eigenvalue weighted by Gasteiger charge is 2.22. The minimum atomic E-state index is -1.13. The van der Waals surface area contributed by atoms with E-state index in [0.29, 0.717) is 0 Å². The van der Waals surface area contributed by atoms with Crippen molar-refractivity contribution in [3.63, 3.8) is 0 Å². The summed E-state index contributed by atoms with van der Waals surface area (Å²) in [4.78, 5) is 34.8. The molecule has 0 aromatic heterocycles. The number of esters is 2. The second-order valence-electron chi connectivity index (χ2n) is 4.48. The van der Waals surface area contributed by atoms with Gasteiger partial charge in [-0.1, -0.05) is 0 Å². The molecule has 0 aliphatic rings. The summed E-state index contributed by atoms with van der Waals surface area (Å²) in [5.74, 6) is -4.86. The second-order valence-corrected chi connectivity index (χ2v) is 4.48. The number of benzene rings is 1. The van der Waals surface area contributed by atoms with E-state index in [4.69, 9.17) is 9.47 Å². The van der Waals surface area contributed by atoms with E-state index < -0.39 is 40.5 Å². The number of carbonyl (C=O) groups is 3. The van der Waals surface area contributed by atoms with Crippen LogP contribution in [0.3, 0.4) is 0 Å². The van der Waals surface area contributed by atoms with Crippen LogP contribution in [0.15, 0.2) is 23.9 Å². The van der Waals surface area contributed by atoms with Crippen LogP contribution in [0.4, 0.5) is 14.5 Å². The molecule has 1 aromatic carbocycles. The van der Waals surface area contributed by atoms with Gasteiger partial charge in [0, 0.05) is 6.20 Å². The summed E-state index contributed by atoms with van der Waals surface area (Å²) in [6, 6.07) is 1.92. The molecule has 0 saturated carbocycles. The van der Waals surface area contributed by atoms with Crippen molar-refractivity contribution in [2.24, 2.45) is 0 Å². The van der Waals surface area contributed by atoms with Gasteiger partial charge in [-0.3, -0.25) is 4.79 Å². The first-order chi connectivity index (χ1) is 11.3. The number of halogens is 2. The predicted octanol–water partition coefficient (Wildman–Crippen LogP) is 2.59. The number of carbonyl (C=O) groups excluding carboxylic acids is 3. The van der Waals surface area contributed by atoms with E-state index in [1.807, 2.05) is 0 Å². The molecular formula is C16H17F2NO5. The summed E-state index contributed by atoms with van der Waals surface area (Å²) < 4.78 is 37.1. The molecule has 0 bridgehead atoms. The van der Waals surface area contributed by atoms with E-state index in [1.165, 1.54) is 0 Å². The molecular weight excluding hydrogens is 324 g/mol. The number of hydrogen-bond donors (Lipinski definition) is 1. The lowest BCUT2D eigenvalue weighted by molar-refractivity contribution is -0.146. The molecule has 130 valence electrons. The molecule has 0 spiro atoms. The van der Waals surface area contributed by atoms with Crippen molar-refractivity contribution in [2.75, 3.05) is 18.5 Å². The topological polar surface area (TPSA) is 81.7 Å². The second kappa shape index (κ2) is 8.76. The summed E-state index contributed by atoms with van der Waals surface area (Å²) >= 11 is 0. The van der Waals surface area contributed by atoms with Crippen molar-refractivity contribution in [1.29, 1.82) is 0 Å². The van der Waals surface area contributed by atoms with Gasteiger partial charge in [-0.15, -0.1) is 0 Å². The van der Waals surface area contributed by atoms with Crippen LogP contribution in [-0.4, -0.2) is 30.9 Å². The van der Waals surface area contributed by atoms with Crippen LogP contribution in [0.1, 0.15) is 31.1 Å². The van der Waals surface area contributed by atoms with Crippen LogP contribution < -0.4 is 5.32 Å². The molecule has 0 fully saturated rings. The first kappa shape index (κ1) is 19.3. The maximum absolute atomic E-state index is 14.1. The predicted molar refractivity (Wildman–Crippen MR) is 81.3 cm³/mol. The summed E-state index contributed by atoms with van der Waals surface area (Å²) in [6.07, 6.45) is 0.885. The van der Waals surface area contributed by atoms with Crippen LogP contribution in [0.25, 0.3) is 0 Å². The van der Waals surface area contributed by atoms with E-state index in [9.17, 15) is 23.2 Å². The fourth-order valence-corrected chi connectivity index (χ4v) is 1.76. The van der Waals surface area contributed by atoms with E-state index in [-0.39, 0.29) is 18.9 Å². The van der Waals surface area contributed by atoms with Gasteiger partial charge in [-0.25, -0.2) is 18.4 Å². The smallest absolute Gasteiger partial charge is 0.347 e. The standard InChI is InChI=1S/C16H17F2NO5/c1-4-23-15(21)10(16(22)24-5-2)8-19-12-7-6-11(17)13(9(3)20)14(12)18/h6-8,19H,4-5H2,1-3H3. The number of nitrogens with one attached hydrogen (secondary N) is 1. The van der Waals surface area contributed by atoms with Crippen molar-refractivity contribution in [3.8, 4) is 0 Å². The number of Topliss-reactive ketones (excluding diaryl/α,β-unsaturated/α-hetero) is 1. The lowest BCUT2D eigenvalue weighted by Crippen LogP contribution is -2.19. The monoisotopic (exact) mass is 341 g/mol. The van der Waals surface area contributed by atoms with E-state index in [2.05, 4.69) is 5.32 Å². The van der Waals surface area contributed by atoms with Gasteiger partial charge >= 0.3 is 11.9 Å². The largest absolute Gasteiger partial charge is 0.462 e. The van der Waals surface area contributed by atoms with Gasteiger partial charge in [0.05, 0.1) is 24.5 Å². The Morgan fingerprint density at radius 1 is 1.08 bits per heavy atom. The van der Waals surface area contributed by atoms with Gasteiger partial charge in [-0.05, 0) is 32.9 Å². The van der Waals surface area contributed by atoms with E-state index in [0.717, 1.165) is 25.3 Å². The van der Waals surface area contributed by atoms with Crippen LogP contribution in [0.5, 0.6) is 0 Å². The average molecular weight is 341 g/mol. The molecule has 6 nitrogen and oxygen atoms in total. The van der Waals surface area contributed by atoms with Crippen molar-refractivity contribution >= 4 is 23.4 Å². The molecule has 0 atom stereocenters. The molecule has 1 rings (SSSR count). The minimum Gasteiger partial charge on any atom is -0.462 e. The summed E-state index contributed by atoms with van der Waals surface area (Å²) in [7, 11) is 0. The van der Waals surface area contributed by atoms with Crippen LogP contribution in [0.2, 0.25) is 0 Å². The number of ketones is 1. The van der Waals surface area contributed by atoms with Gasteiger partial charge in [0.1, 0.15) is 5.82 Å². The Morgan fingerprint density at radius 2 is 1.62 bits per heavy atom. The Balaban J connectivity index is 3.18. The van der Waals surface area contributed by atoms with E-state index in [1.54, 1.807) is 13.8 Å². The zero-order chi connectivity index (χ0) is 18.3. The molecule has 0 aliphatic carbocycles. The zero-order valence-corrected chi connectivity index (χ0v) is 13.4. The van der Waals surface area contributed by atoms with Gasteiger partial charge in [0.15, 0.2) is 17.2 Å². The molecule has 0 aliphatic heterocycles. The van der Waals surface area contributed by atoms with Crippen molar-refractivity contribution in [2.45, 2.75) is 20.8 Å². The Bertz CT molecular complexity index is 665. The summed E-state index contributed by atoms with van der Waals surface area (Å²) in [5.41, 5.74) is -1.50. The minimum absolute atomic E-state index is 0.0228. The highest BCUT2D eigenvalue weighted by molar-refractivity contribution is 6.14. The Morgan fingerprint density at radius 3 is 2.08 bits per heavy atom. The van der Waals surface area contributed by atoms with Crippen LogP contribution >= 0.6 is 0 Å². The normalized spacial score (nSPS) is 9.88. The molecule has 0 heterocycles. The van der Waals surface area contributed by atoms with Crippen LogP contribution in [0, 0.1) is 11.6 Å². The maximum Gasteiger partial charge on any atom is 0.347 e. The molecule has 0 unspecified atom stereocenters. The van der Waals surface area contributed by atoms with Crippen molar-refractivity contribution in [3.05, 3.63) is 41.1 Å². The van der Waals surface area contributed by atoms with Crippen molar-refractivity contribution in [1.82, 2.24) is 0 Å². The molecule has 24 heavy (non-hydrogen) atoms. The van der Waals surface area contributed by atoms with Gasteiger partial charge in [0.2, 0.25) is 0 Å². The first-order valence-corrected chi connectivity index (χ1v) is 7.13. The lowest BCUT2D eigenvalue weighted by atomic mass is 10.1. The Labute approximate surface area is 137 Å². The molecule has 8 heteroatoms. The summed E-state index contributed by atoms with van der Waals surface area (Å²) in [6.45, 7) is 4.16. The Hall–Kier alpha value is -2.77. The highest BCUT2D eigenvalue weighted by Crippen LogP contribution is 2.22. The fourth-order valence-electron chi connectivity index (χ4n) is 1.76. The molecule has 0 radical (unpaired) electrons. The van der Waals surface area contributed by atoms with Gasteiger partial charge in [0.25, 0.3) is 0 Å². The molecule has 0 saturated heterocycles. The first-order valence-electron chi connectivity index (χ1n) is 7.13. The maximum atomic E-state index is 14.1. The third-order valence-electron chi connectivity index (χ3n) is 2.81. The third-order valence-corrected chi connectivity index (χ3v) is 2.81. The molecule has 1 N–H and O–H groups in total. The number of anilines is 1. The number of hydrogen-bond acceptors (Lipinski definition) is 6. The number of ether oxygens (including phenoxy) is 2. The fraction of sp³-hybridized carbons (Fsp3) is 0.312. The Kier molecular flexibility index (Phi) is 7.03. The van der Waals surface area contributed by atoms with Gasteiger partial charge < -0.3 is 14.8 Å². The third kappa shape index (κ3) is 4.61. The summed E-state index contributed by atoms with van der Waals surface area (Å²) in [5, 5.41) is 2.36. The lowest BCUT2D eigenvalue weighted by Gasteiger charge is -2.10. The molecule has 1 aromatic rings. The zero-order valence-electron chi connectivity index (χ0n) is 13.4.